The Balaban J connectivity index is 1.34. The molecule has 138 valence electrons. The van der Waals surface area contributed by atoms with Gasteiger partial charge in [-0.05, 0) is 25.2 Å². The third-order valence-electron chi connectivity index (χ3n) is 5.60. The Morgan fingerprint density at radius 2 is 1.74 bits per heavy atom. The number of rotatable bonds is 2. The van der Waals surface area contributed by atoms with Crippen LogP contribution in [0.15, 0.2) is 37.1 Å². The number of likely N-dealkylation sites (N-methyl/N-ethyl adjacent to an activating group) is 1. The maximum absolute atomic E-state index is 4.64. The first-order valence-electron chi connectivity index (χ1n) is 9.49. The topological polar surface area (TPSA) is 61.3 Å². The summed E-state index contributed by atoms with van der Waals surface area (Å²) in [6.45, 7) is 5.91. The van der Waals surface area contributed by atoms with Gasteiger partial charge in [0.15, 0.2) is 0 Å². The molecule has 0 radical (unpaired) electrons. The van der Waals surface area contributed by atoms with Crippen molar-refractivity contribution in [2.45, 2.75) is 13.0 Å². The lowest BCUT2D eigenvalue weighted by Crippen LogP contribution is -2.47. The van der Waals surface area contributed by atoms with Crippen molar-refractivity contribution in [2.75, 3.05) is 49.6 Å². The molecule has 2 aromatic heterocycles. The van der Waals surface area contributed by atoms with E-state index in [4.69, 9.17) is 0 Å². The van der Waals surface area contributed by atoms with Crippen LogP contribution in [-0.2, 0) is 13.0 Å². The molecule has 0 spiro atoms. The third-order valence-corrected chi connectivity index (χ3v) is 5.60. The number of anilines is 2. The smallest absolute Gasteiger partial charge is 0.136 e. The van der Waals surface area contributed by atoms with Crippen molar-refractivity contribution < 1.29 is 0 Å². The molecule has 7 nitrogen and oxygen atoms in total. The zero-order valence-corrected chi connectivity index (χ0v) is 15.5. The summed E-state index contributed by atoms with van der Waals surface area (Å²) >= 11 is 0. The molecule has 7 heteroatoms. The van der Waals surface area contributed by atoms with Crippen LogP contribution in [0, 0.1) is 0 Å². The van der Waals surface area contributed by atoms with Crippen LogP contribution in [0.4, 0.5) is 11.5 Å². The van der Waals surface area contributed by atoms with Gasteiger partial charge >= 0.3 is 0 Å². The average molecular weight is 361 g/mol. The van der Waals surface area contributed by atoms with Crippen molar-refractivity contribution in [1.82, 2.24) is 24.8 Å². The largest absolute Gasteiger partial charge is 0.368 e. The zero-order valence-electron chi connectivity index (χ0n) is 15.5. The van der Waals surface area contributed by atoms with Crippen molar-refractivity contribution in [1.29, 1.82) is 0 Å². The van der Waals surface area contributed by atoms with E-state index in [0.717, 1.165) is 62.4 Å². The van der Waals surface area contributed by atoms with Crippen molar-refractivity contribution in [2.24, 2.45) is 0 Å². The number of aromatic nitrogens is 4. The molecule has 27 heavy (non-hydrogen) atoms. The van der Waals surface area contributed by atoms with Crippen molar-refractivity contribution in [3.05, 3.63) is 48.3 Å². The van der Waals surface area contributed by atoms with Crippen molar-refractivity contribution >= 4 is 22.4 Å². The highest BCUT2D eigenvalue weighted by atomic mass is 15.3. The molecule has 0 atom stereocenters. The van der Waals surface area contributed by atoms with Crippen molar-refractivity contribution in [3.8, 4) is 0 Å². The van der Waals surface area contributed by atoms with E-state index in [1.165, 1.54) is 16.9 Å². The minimum atomic E-state index is 0.941. The number of fused-ring (bicyclic) bond motifs is 2. The molecular weight excluding hydrogens is 338 g/mol. The van der Waals surface area contributed by atoms with E-state index >= 15 is 0 Å². The maximum Gasteiger partial charge on any atom is 0.136 e. The molecule has 0 saturated carbocycles. The first-order chi connectivity index (χ1) is 13.3. The van der Waals surface area contributed by atoms with Crippen LogP contribution in [0.2, 0.25) is 0 Å². The van der Waals surface area contributed by atoms with E-state index in [-0.39, 0.29) is 0 Å². The average Bonchev–Trinajstić information content (AvgIpc) is 2.73. The van der Waals surface area contributed by atoms with Crippen LogP contribution in [0.5, 0.6) is 0 Å². The zero-order chi connectivity index (χ0) is 18.2. The lowest BCUT2D eigenvalue weighted by Gasteiger charge is -2.38. The normalized spacial score (nSPS) is 18.0. The lowest BCUT2D eigenvalue weighted by atomic mass is 10.1. The van der Waals surface area contributed by atoms with Crippen LogP contribution in [0.25, 0.3) is 10.9 Å². The van der Waals surface area contributed by atoms with E-state index in [1.54, 1.807) is 12.7 Å². The molecule has 2 aliphatic rings. The number of hydrogen-bond acceptors (Lipinski definition) is 7. The van der Waals surface area contributed by atoms with Gasteiger partial charge in [0.2, 0.25) is 0 Å². The minimum Gasteiger partial charge on any atom is -0.368 e. The number of nitrogens with zero attached hydrogens (tertiary/aromatic N) is 7. The van der Waals surface area contributed by atoms with E-state index in [9.17, 15) is 0 Å². The molecule has 1 fully saturated rings. The van der Waals surface area contributed by atoms with Crippen LogP contribution in [0.1, 0.15) is 11.3 Å². The Labute approximate surface area is 158 Å². The minimum absolute atomic E-state index is 0.941. The van der Waals surface area contributed by atoms with Gasteiger partial charge in [0.25, 0.3) is 0 Å². The molecule has 0 bridgehead atoms. The van der Waals surface area contributed by atoms with Gasteiger partial charge in [-0.1, -0.05) is 0 Å². The Hall–Kier alpha value is -2.80. The van der Waals surface area contributed by atoms with Gasteiger partial charge in [0.1, 0.15) is 18.5 Å². The first kappa shape index (κ1) is 16.4. The molecule has 3 aromatic rings. The van der Waals surface area contributed by atoms with E-state index in [1.807, 2.05) is 6.20 Å². The van der Waals surface area contributed by atoms with Gasteiger partial charge in [0, 0.05) is 68.5 Å². The summed E-state index contributed by atoms with van der Waals surface area (Å²) in [7, 11) is 2.17. The third kappa shape index (κ3) is 3.08. The summed E-state index contributed by atoms with van der Waals surface area (Å²) < 4.78 is 0. The van der Waals surface area contributed by atoms with Gasteiger partial charge in [-0.25, -0.2) is 19.9 Å². The van der Waals surface area contributed by atoms with E-state index < -0.39 is 0 Å². The molecule has 2 aliphatic heterocycles. The van der Waals surface area contributed by atoms with Gasteiger partial charge in [-0.3, -0.25) is 0 Å². The molecule has 0 aliphatic carbocycles. The Kier molecular flexibility index (Phi) is 4.09. The van der Waals surface area contributed by atoms with Gasteiger partial charge in [-0.2, -0.15) is 0 Å². The Morgan fingerprint density at radius 3 is 2.63 bits per heavy atom. The van der Waals surface area contributed by atoms with Gasteiger partial charge in [-0.15, -0.1) is 0 Å². The van der Waals surface area contributed by atoms with Crippen LogP contribution in [-0.4, -0.2) is 64.6 Å². The highest BCUT2D eigenvalue weighted by molar-refractivity contribution is 5.81. The molecule has 1 saturated heterocycles. The lowest BCUT2D eigenvalue weighted by molar-refractivity contribution is 0.309. The second kappa shape index (κ2) is 6.74. The number of hydrogen-bond donors (Lipinski definition) is 0. The quantitative estimate of drug-likeness (QED) is 0.689. The second-order valence-corrected chi connectivity index (χ2v) is 7.35. The van der Waals surface area contributed by atoms with Crippen LogP contribution >= 0.6 is 0 Å². The summed E-state index contributed by atoms with van der Waals surface area (Å²) in [5.41, 5.74) is 4.75. The highest BCUT2D eigenvalue weighted by Crippen LogP contribution is 2.27. The molecule has 5 rings (SSSR count). The summed E-state index contributed by atoms with van der Waals surface area (Å²) in [4.78, 5) is 24.8. The molecule has 4 heterocycles. The monoisotopic (exact) mass is 361 g/mol. The summed E-state index contributed by atoms with van der Waals surface area (Å²) in [6.07, 6.45) is 6.22. The number of piperazine rings is 1. The molecule has 0 N–H and O–H groups in total. The first-order valence-corrected chi connectivity index (χ1v) is 9.49. The molecule has 0 unspecified atom stereocenters. The molecular formula is C20H23N7. The maximum atomic E-state index is 4.64. The van der Waals surface area contributed by atoms with Gasteiger partial charge < -0.3 is 14.7 Å². The standard InChI is InChI=1S/C20H23N7/c1-25-5-4-19-17(12-25)20(24-14-23-19)27-8-6-26(7-9-27)16-2-3-18-15(10-16)11-21-13-22-18/h2-3,10-11,13-14H,4-9,12H2,1H3. The fraction of sp³-hybridized carbons (Fsp3) is 0.400. The fourth-order valence-corrected chi connectivity index (χ4v) is 4.08. The molecule has 0 amide bonds. The van der Waals surface area contributed by atoms with Gasteiger partial charge in [0.05, 0.1) is 11.2 Å². The fourth-order valence-electron chi connectivity index (χ4n) is 4.08. The summed E-state index contributed by atoms with van der Waals surface area (Å²) in [5, 5.41) is 1.09. The summed E-state index contributed by atoms with van der Waals surface area (Å²) in [5.74, 6) is 1.12. The summed E-state index contributed by atoms with van der Waals surface area (Å²) in [6, 6.07) is 6.42. The van der Waals surface area contributed by atoms with Crippen molar-refractivity contribution in [3.63, 3.8) is 0 Å². The molecule has 1 aromatic carbocycles. The second-order valence-electron chi connectivity index (χ2n) is 7.35. The Morgan fingerprint density at radius 1 is 0.889 bits per heavy atom. The number of benzene rings is 1. The predicted molar refractivity (Wildman–Crippen MR) is 106 cm³/mol. The SMILES string of the molecule is CN1CCc2ncnc(N3CCN(c4ccc5ncncc5c4)CC3)c2C1. The highest BCUT2D eigenvalue weighted by Gasteiger charge is 2.25. The van der Waals surface area contributed by atoms with E-state index in [0.29, 0.717) is 0 Å². The van der Waals surface area contributed by atoms with Crippen LogP contribution < -0.4 is 9.80 Å². The predicted octanol–water partition coefficient (Wildman–Crippen LogP) is 1.73. The van der Waals surface area contributed by atoms with Crippen LogP contribution in [0.3, 0.4) is 0 Å². The van der Waals surface area contributed by atoms with E-state index in [2.05, 4.69) is 59.9 Å². The Bertz CT molecular complexity index is 965.